The van der Waals surface area contributed by atoms with Crippen LogP contribution < -0.4 is 21.9 Å². The van der Waals surface area contributed by atoms with Crippen molar-refractivity contribution >= 4 is 17.4 Å². The maximum Gasteiger partial charge on any atom is 0.330 e. The molecule has 1 heterocycles. The van der Waals surface area contributed by atoms with Crippen LogP contribution in [0.3, 0.4) is 0 Å². The van der Waals surface area contributed by atoms with Crippen LogP contribution in [0.5, 0.6) is 0 Å². The number of hydrogen-bond acceptors (Lipinski definition) is 4. The van der Waals surface area contributed by atoms with Crippen molar-refractivity contribution in [1.29, 1.82) is 0 Å². The molecule has 1 amide bonds. The van der Waals surface area contributed by atoms with E-state index in [9.17, 15) is 23.2 Å². The summed E-state index contributed by atoms with van der Waals surface area (Å²) in [7, 11) is 0. The van der Waals surface area contributed by atoms with Crippen molar-refractivity contribution < 1.29 is 13.6 Å². The van der Waals surface area contributed by atoms with Gasteiger partial charge >= 0.3 is 5.69 Å². The van der Waals surface area contributed by atoms with Crippen LogP contribution in [0.15, 0.2) is 27.8 Å². The molecule has 0 aliphatic carbocycles. The maximum absolute atomic E-state index is 14.2. The number of aromatic amines is 1. The van der Waals surface area contributed by atoms with Gasteiger partial charge < -0.3 is 10.6 Å². The summed E-state index contributed by atoms with van der Waals surface area (Å²) >= 11 is 0. The van der Waals surface area contributed by atoms with Gasteiger partial charge in [0.25, 0.3) is 11.5 Å². The molecule has 152 valence electrons. The average molecular weight is 394 g/mol. The Kier molecular flexibility index (Phi) is 6.71. The number of H-pyrrole nitrogens is 1. The lowest BCUT2D eigenvalue weighted by Crippen LogP contribution is -2.43. The highest BCUT2D eigenvalue weighted by atomic mass is 19.1. The standard InChI is InChI=1S/C19H24F2N4O3/c1-4-5-8-24-16(22)15(17(26)23-19(24)28)25(10-11(2)3)18(27)13-9-12(20)6-7-14(13)21/h6-7,9,11H,4-5,8,10,22H2,1-3H3,(H,23,26,28). The highest BCUT2D eigenvalue weighted by molar-refractivity contribution is 6.07. The molecule has 3 N–H and O–H groups in total. The number of benzene rings is 1. The zero-order valence-corrected chi connectivity index (χ0v) is 16.1. The largest absolute Gasteiger partial charge is 0.383 e. The van der Waals surface area contributed by atoms with Crippen LogP contribution in [-0.2, 0) is 6.54 Å². The number of anilines is 2. The molecule has 0 radical (unpaired) electrons. The molecule has 0 aliphatic heterocycles. The van der Waals surface area contributed by atoms with E-state index in [0.717, 1.165) is 29.5 Å². The van der Waals surface area contributed by atoms with Crippen LogP contribution >= 0.6 is 0 Å². The molecule has 28 heavy (non-hydrogen) atoms. The van der Waals surface area contributed by atoms with E-state index in [-0.39, 0.29) is 30.5 Å². The summed E-state index contributed by atoms with van der Waals surface area (Å²) in [5, 5.41) is 0. The Morgan fingerprint density at radius 1 is 1.29 bits per heavy atom. The van der Waals surface area contributed by atoms with Crippen LogP contribution in [-0.4, -0.2) is 22.0 Å². The van der Waals surface area contributed by atoms with Gasteiger partial charge in [-0.25, -0.2) is 13.6 Å². The predicted octanol–water partition coefficient (Wildman–Crippen LogP) is 2.50. The lowest BCUT2D eigenvalue weighted by atomic mass is 10.1. The number of nitrogens with one attached hydrogen (secondary N) is 1. The smallest absolute Gasteiger partial charge is 0.330 e. The second-order valence-corrected chi connectivity index (χ2v) is 6.93. The number of nitrogens with two attached hydrogens (primary N) is 1. The van der Waals surface area contributed by atoms with Gasteiger partial charge in [0.2, 0.25) is 0 Å². The van der Waals surface area contributed by atoms with Gasteiger partial charge in [0, 0.05) is 13.1 Å². The maximum atomic E-state index is 14.2. The minimum Gasteiger partial charge on any atom is -0.383 e. The van der Waals surface area contributed by atoms with Crippen molar-refractivity contribution in [3.63, 3.8) is 0 Å². The Morgan fingerprint density at radius 3 is 2.57 bits per heavy atom. The molecule has 0 saturated heterocycles. The van der Waals surface area contributed by atoms with Gasteiger partial charge in [-0.2, -0.15) is 0 Å². The zero-order valence-electron chi connectivity index (χ0n) is 16.1. The third-order valence-corrected chi connectivity index (χ3v) is 4.17. The molecule has 1 aromatic carbocycles. The molecule has 0 aliphatic rings. The van der Waals surface area contributed by atoms with E-state index in [2.05, 4.69) is 4.98 Å². The number of amides is 1. The number of hydrogen-bond donors (Lipinski definition) is 2. The molecule has 0 fully saturated rings. The molecule has 2 rings (SSSR count). The monoisotopic (exact) mass is 394 g/mol. The number of nitrogen functional groups attached to an aromatic ring is 1. The van der Waals surface area contributed by atoms with E-state index in [0.29, 0.717) is 6.42 Å². The van der Waals surface area contributed by atoms with E-state index >= 15 is 0 Å². The Labute approximate surface area is 160 Å². The predicted molar refractivity (Wildman–Crippen MR) is 104 cm³/mol. The SMILES string of the molecule is CCCCn1c(N)c(N(CC(C)C)C(=O)c2cc(F)ccc2F)c(=O)[nH]c1=O. The fraction of sp³-hybridized carbons (Fsp3) is 0.421. The summed E-state index contributed by atoms with van der Waals surface area (Å²) in [5.41, 5.74) is 3.75. The molecular formula is C19H24F2N4O3. The van der Waals surface area contributed by atoms with Crippen molar-refractivity contribution in [2.24, 2.45) is 5.92 Å². The van der Waals surface area contributed by atoms with Crippen LogP contribution in [0, 0.1) is 17.6 Å². The quantitative estimate of drug-likeness (QED) is 0.753. The summed E-state index contributed by atoms with van der Waals surface area (Å²) in [4.78, 5) is 40.7. The minimum absolute atomic E-state index is 0.0219. The first kappa shape index (κ1) is 21.3. The number of carbonyl (C=O) groups excluding carboxylic acids is 1. The molecule has 2 aromatic rings. The van der Waals surface area contributed by atoms with Crippen LogP contribution in [0.2, 0.25) is 0 Å². The van der Waals surface area contributed by atoms with Crippen molar-refractivity contribution in [2.75, 3.05) is 17.2 Å². The molecule has 9 heteroatoms. The highest BCUT2D eigenvalue weighted by Gasteiger charge is 2.27. The van der Waals surface area contributed by atoms with Gasteiger partial charge in [0.1, 0.15) is 17.5 Å². The Morgan fingerprint density at radius 2 is 1.96 bits per heavy atom. The van der Waals surface area contributed by atoms with Crippen LogP contribution in [0.25, 0.3) is 0 Å². The fourth-order valence-corrected chi connectivity index (χ4v) is 2.82. The van der Waals surface area contributed by atoms with E-state index < -0.39 is 34.4 Å². The van der Waals surface area contributed by atoms with Crippen molar-refractivity contribution in [3.05, 3.63) is 56.2 Å². The first-order chi connectivity index (χ1) is 13.2. The summed E-state index contributed by atoms with van der Waals surface area (Å²) in [6, 6.07) is 2.50. The average Bonchev–Trinajstić information content (AvgIpc) is 2.61. The molecule has 0 atom stereocenters. The van der Waals surface area contributed by atoms with Gasteiger partial charge in [0.15, 0.2) is 5.69 Å². The Hall–Kier alpha value is -2.97. The minimum atomic E-state index is -0.922. The molecule has 0 unspecified atom stereocenters. The number of aromatic nitrogens is 2. The second kappa shape index (κ2) is 8.81. The first-order valence-corrected chi connectivity index (χ1v) is 9.06. The van der Waals surface area contributed by atoms with Crippen molar-refractivity contribution in [1.82, 2.24) is 9.55 Å². The third kappa shape index (κ3) is 4.47. The van der Waals surface area contributed by atoms with Crippen LogP contribution in [0.4, 0.5) is 20.3 Å². The number of nitrogens with zero attached hydrogens (tertiary/aromatic N) is 2. The fourth-order valence-electron chi connectivity index (χ4n) is 2.82. The van der Waals surface area contributed by atoms with Crippen LogP contribution in [0.1, 0.15) is 44.0 Å². The van der Waals surface area contributed by atoms with Gasteiger partial charge in [-0.05, 0) is 30.5 Å². The summed E-state index contributed by atoms with van der Waals surface area (Å²) in [5.74, 6) is -2.93. The number of carbonyl (C=O) groups is 1. The molecule has 0 saturated carbocycles. The topological polar surface area (TPSA) is 101 Å². The summed E-state index contributed by atoms with van der Waals surface area (Å²) < 4.78 is 28.9. The van der Waals surface area contributed by atoms with Gasteiger partial charge in [-0.1, -0.05) is 27.2 Å². The van der Waals surface area contributed by atoms with Gasteiger partial charge in [0.05, 0.1) is 5.56 Å². The molecule has 0 spiro atoms. The summed E-state index contributed by atoms with van der Waals surface area (Å²) in [6.45, 7) is 5.78. The molecule has 7 nitrogen and oxygen atoms in total. The van der Waals surface area contributed by atoms with Gasteiger partial charge in [-0.3, -0.25) is 19.1 Å². The lowest BCUT2D eigenvalue weighted by Gasteiger charge is -2.26. The highest BCUT2D eigenvalue weighted by Crippen LogP contribution is 2.22. The molecule has 1 aromatic heterocycles. The molecular weight excluding hydrogens is 370 g/mol. The summed E-state index contributed by atoms with van der Waals surface area (Å²) in [6.07, 6.45) is 1.41. The first-order valence-electron chi connectivity index (χ1n) is 9.06. The zero-order chi connectivity index (χ0) is 21.0. The second-order valence-electron chi connectivity index (χ2n) is 6.93. The van der Waals surface area contributed by atoms with E-state index in [1.165, 1.54) is 4.57 Å². The van der Waals surface area contributed by atoms with Crippen molar-refractivity contribution in [3.8, 4) is 0 Å². The number of rotatable bonds is 7. The van der Waals surface area contributed by atoms with Crippen molar-refractivity contribution in [2.45, 2.75) is 40.2 Å². The van der Waals surface area contributed by atoms with E-state index in [1.807, 2.05) is 6.92 Å². The van der Waals surface area contributed by atoms with Gasteiger partial charge in [-0.15, -0.1) is 0 Å². The number of halogens is 2. The Balaban J connectivity index is 2.66. The lowest BCUT2D eigenvalue weighted by molar-refractivity contribution is 0.0979. The number of unbranched alkanes of at least 4 members (excludes halogenated alkanes) is 1. The van der Waals surface area contributed by atoms with E-state index in [4.69, 9.17) is 5.73 Å². The Bertz CT molecular complexity index is 982. The molecule has 0 bridgehead atoms. The van der Waals surface area contributed by atoms with E-state index in [1.54, 1.807) is 13.8 Å². The normalized spacial score (nSPS) is 11.1. The third-order valence-electron chi connectivity index (χ3n) is 4.17.